The van der Waals surface area contributed by atoms with Gasteiger partial charge >= 0.3 is 0 Å². The second-order valence-corrected chi connectivity index (χ2v) is 6.70. The normalized spacial score (nSPS) is 20.2. The molecule has 0 bridgehead atoms. The predicted octanol–water partition coefficient (Wildman–Crippen LogP) is 3.99. The molecule has 2 nitrogen and oxygen atoms in total. The number of hydrogen-bond acceptors (Lipinski definition) is 2. The zero-order valence-corrected chi connectivity index (χ0v) is 13.9. The lowest BCUT2D eigenvalue weighted by Gasteiger charge is -2.45. The van der Waals surface area contributed by atoms with E-state index in [1.54, 1.807) is 0 Å². The first kappa shape index (κ1) is 16.5. The average molecular weight is 288 g/mol. The van der Waals surface area contributed by atoms with Gasteiger partial charge in [-0.3, -0.25) is 4.90 Å². The molecule has 0 radical (unpaired) electrons. The van der Waals surface area contributed by atoms with Gasteiger partial charge in [0.25, 0.3) is 0 Å². The van der Waals surface area contributed by atoms with Crippen LogP contribution in [0.25, 0.3) is 0 Å². The van der Waals surface area contributed by atoms with Crippen molar-refractivity contribution < 1.29 is 0 Å². The van der Waals surface area contributed by atoms with E-state index in [0.29, 0.717) is 6.04 Å². The maximum Gasteiger partial charge on any atom is 0.0369 e. The fourth-order valence-corrected chi connectivity index (χ4v) is 3.87. The summed E-state index contributed by atoms with van der Waals surface area (Å²) < 4.78 is 0. The highest BCUT2D eigenvalue weighted by Crippen LogP contribution is 2.30. The molecule has 0 spiro atoms. The highest BCUT2D eigenvalue weighted by atomic mass is 15.2. The van der Waals surface area contributed by atoms with Crippen LogP contribution in [0.5, 0.6) is 0 Å². The van der Waals surface area contributed by atoms with Crippen LogP contribution in [0, 0.1) is 0 Å². The van der Waals surface area contributed by atoms with Crippen molar-refractivity contribution in [3.8, 4) is 0 Å². The van der Waals surface area contributed by atoms with Gasteiger partial charge in [0.15, 0.2) is 0 Å². The molecule has 0 heterocycles. The lowest BCUT2D eigenvalue weighted by atomic mass is 9.84. The summed E-state index contributed by atoms with van der Waals surface area (Å²) in [7, 11) is 2.31. The number of hydrogen-bond donors (Lipinski definition) is 1. The van der Waals surface area contributed by atoms with Crippen molar-refractivity contribution in [2.24, 2.45) is 5.73 Å². The van der Waals surface area contributed by atoms with Crippen LogP contribution in [-0.2, 0) is 6.42 Å². The highest BCUT2D eigenvalue weighted by Gasteiger charge is 2.35. The average Bonchev–Trinajstić information content (AvgIpc) is 2.82. The van der Waals surface area contributed by atoms with Gasteiger partial charge in [-0.05, 0) is 38.3 Å². The molecule has 0 aliphatic heterocycles. The molecule has 0 amide bonds. The Bertz CT molecular complexity index is 389. The summed E-state index contributed by atoms with van der Waals surface area (Å²) in [4.78, 5) is 2.63. The minimum Gasteiger partial charge on any atom is -0.329 e. The Balaban J connectivity index is 2.15. The number of nitrogens with two attached hydrogens (primary N) is 1. The fourth-order valence-electron chi connectivity index (χ4n) is 3.87. The molecule has 21 heavy (non-hydrogen) atoms. The predicted molar refractivity (Wildman–Crippen MR) is 91.5 cm³/mol. The Hall–Kier alpha value is -0.860. The van der Waals surface area contributed by atoms with Gasteiger partial charge in [-0.1, -0.05) is 62.9 Å². The second-order valence-electron chi connectivity index (χ2n) is 6.70. The van der Waals surface area contributed by atoms with Crippen LogP contribution in [0.2, 0.25) is 0 Å². The van der Waals surface area contributed by atoms with E-state index in [1.807, 2.05) is 0 Å². The van der Waals surface area contributed by atoms with Crippen molar-refractivity contribution in [1.82, 2.24) is 4.90 Å². The van der Waals surface area contributed by atoms with Crippen LogP contribution in [-0.4, -0.2) is 30.1 Å². The van der Waals surface area contributed by atoms with Crippen molar-refractivity contribution in [3.63, 3.8) is 0 Å². The Labute approximate surface area is 130 Å². The molecule has 0 aromatic heterocycles. The van der Waals surface area contributed by atoms with E-state index in [9.17, 15) is 0 Å². The molecular formula is C19H32N2. The summed E-state index contributed by atoms with van der Waals surface area (Å²) >= 11 is 0. The van der Waals surface area contributed by atoms with Crippen molar-refractivity contribution in [3.05, 3.63) is 35.9 Å². The maximum atomic E-state index is 6.27. The molecule has 1 aliphatic rings. The molecule has 1 aliphatic carbocycles. The minimum atomic E-state index is 0.107. The minimum absolute atomic E-state index is 0.107. The van der Waals surface area contributed by atoms with Gasteiger partial charge in [0, 0.05) is 18.1 Å². The lowest BCUT2D eigenvalue weighted by molar-refractivity contribution is 0.0644. The first-order chi connectivity index (χ1) is 10.2. The third-order valence-corrected chi connectivity index (χ3v) is 5.53. The number of benzene rings is 1. The van der Waals surface area contributed by atoms with Crippen LogP contribution in [0.4, 0.5) is 0 Å². The monoisotopic (exact) mass is 288 g/mol. The van der Waals surface area contributed by atoms with E-state index in [4.69, 9.17) is 5.73 Å². The van der Waals surface area contributed by atoms with E-state index in [0.717, 1.165) is 19.4 Å². The molecule has 2 rings (SSSR count). The van der Waals surface area contributed by atoms with Crippen LogP contribution in [0.3, 0.4) is 0 Å². The third kappa shape index (κ3) is 4.08. The van der Waals surface area contributed by atoms with Crippen molar-refractivity contribution >= 4 is 0 Å². The molecule has 1 aromatic carbocycles. The molecule has 1 fully saturated rings. The first-order valence-electron chi connectivity index (χ1n) is 8.69. The molecular weight excluding hydrogens is 256 g/mol. The van der Waals surface area contributed by atoms with Crippen LogP contribution in [0.15, 0.2) is 30.3 Å². The smallest absolute Gasteiger partial charge is 0.0369 e. The molecule has 1 unspecified atom stereocenters. The Morgan fingerprint density at radius 1 is 1.10 bits per heavy atom. The molecule has 1 atom stereocenters. The van der Waals surface area contributed by atoms with Crippen LogP contribution < -0.4 is 5.73 Å². The topological polar surface area (TPSA) is 29.3 Å². The second kappa shape index (κ2) is 7.95. The van der Waals surface area contributed by atoms with Crippen LogP contribution >= 0.6 is 0 Å². The van der Waals surface area contributed by atoms with Gasteiger partial charge in [-0.25, -0.2) is 0 Å². The van der Waals surface area contributed by atoms with E-state index < -0.39 is 0 Å². The van der Waals surface area contributed by atoms with E-state index in [-0.39, 0.29) is 5.54 Å². The van der Waals surface area contributed by atoms with Gasteiger partial charge in [-0.2, -0.15) is 0 Å². The van der Waals surface area contributed by atoms with Crippen molar-refractivity contribution in [1.29, 1.82) is 0 Å². The standard InChI is InChI=1S/C19H32N2/c1-3-19(16-20,15-17-11-7-6-8-12-17)21(2)18-13-9-4-5-10-14-18/h6-8,11-12,18H,3-5,9-10,13-16,20H2,1-2H3. The third-order valence-electron chi connectivity index (χ3n) is 5.53. The molecule has 1 saturated carbocycles. The van der Waals surface area contributed by atoms with Crippen molar-refractivity contribution in [2.75, 3.05) is 13.6 Å². The number of likely N-dealkylation sites (N-methyl/N-ethyl adjacent to an activating group) is 1. The molecule has 1 aromatic rings. The summed E-state index contributed by atoms with van der Waals surface area (Å²) in [6.07, 6.45) is 10.4. The Morgan fingerprint density at radius 3 is 2.24 bits per heavy atom. The summed E-state index contributed by atoms with van der Waals surface area (Å²) in [5, 5.41) is 0. The highest BCUT2D eigenvalue weighted by molar-refractivity contribution is 5.18. The number of nitrogens with zero attached hydrogens (tertiary/aromatic N) is 1. The van der Waals surface area contributed by atoms with Gasteiger partial charge in [0.05, 0.1) is 0 Å². The zero-order valence-electron chi connectivity index (χ0n) is 13.9. The molecule has 2 N–H and O–H groups in total. The quantitative estimate of drug-likeness (QED) is 0.802. The lowest BCUT2D eigenvalue weighted by Crippen LogP contribution is -2.57. The summed E-state index contributed by atoms with van der Waals surface area (Å²) in [6.45, 7) is 3.04. The molecule has 118 valence electrons. The first-order valence-corrected chi connectivity index (χ1v) is 8.69. The number of rotatable bonds is 6. The van der Waals surface area contributed by atoms with E-state index in [1.165, 1.54) is 44.1 Å². The Morgan fingerprint density at radius 2 is 1.71 bits per heavy atom. The van der Waals surface area contributed by atoms with Crippen molar-refractivity contribution in [2.45, 2.75) is 69.9 Å². The molecule has 0 saturated heterocycles. The fraction of sp³-hybridized carbons (Fsp3) is 0.684. The Kier molecular flexibility index (Phi) is 6.25. The summed E-state index contributed by atoms with van der Waals surface area (Å²) in [5.41, 5.74) is 7.79. The van der Waals surface area contributed by atoms with Gasteiger partial charge in [-0.15, -0.1) is 0 Å². The zero-order chi connectivity index (χ0) is 15.1. The summed E-state index contributed by atoms with van der Waals surface area (Å²) in [6, 6.07) is 11.5. The van der Waals surface area contributed by atoms with E-state index in [2.05, 4.69) is 49.2 Å². The maximum absolute atomic E-state index is 6.27. The summed E-state index contributed by atoms with van der Waals surface area (Å²) in [5.74, 6) is 0. The van der Waals surface area contributed by atoms with Gasteiger partial charge in [0.2, 0.25) is 0 Å². The largest absolute Gasteiger partial charge is 0.329 e. The molecule has 2 heteroatoms. The van der Waals surface area contributed by atoms with Crippen LogP contribution in [0.1, 0.15) is 57.4 Å². The van der Waals surface area contributed by atoms with Gasteiger partial charge in [0.1, 0.15) is 0 Å². The van der Waals surface area contributed by atoms with Gasteiger partial charge < -0.3 is 5.73 Å². The van der Waals surface area contributed by atoms with E-state index >= 15 is 0 Å². The SMILES string of the molecule is CCC(CN)(Cc1ccccc1)N(C)C1CCCCCC1.